The molecule has 0 amide bonds. The van der Waals surface area contributed by atoms with E-state index in [4.69, 9.17) is 0 Å². The summed E-state index contributed by atoms with van der Waals surface area (Å²) in [4.78, 5) is 0. The van der Waals surface area contributed by atoms with Gasteiger partial charge >= 0.3 is 0 Å². The third-order valence-electron chi connectivity index (χ3n) is 4.94. The minimum absolute atomic E-state index is 0.238. The molecule has 0 aliphatic carbocycles. The van der Waals surface area contributed by atoms with Gasteiger partial charge in [0.15, 0.2) is 0 Å². The second kappa shape index (κ2) is 3.40. The van der Waals surface area contributed by atoms with Gasteiger partial charge in [-0.3, -0.25) is 0 Å². The van der Waals surface area contributed by atoms with Crippen molar-refractivity contribution in [3.05, 3.63) is 59.7 Å². The molecule has 4 rings (SSSR count). The summed E-state index contributed by atoms with van der Waals surface area (Å²) in [6, 6.07) is 17.9. The number of hydrogen-bond acceptors (Lipinski definition) is 0. The first-order chi connectivity index (χ1) is 9.27. The molecular weight excluding hydrogens is 244 g/mol. The van der Waals surface area contributed by atoms with Gasteiger partial charge in [-0.05, 0) is 21.5 Å². The van der Waals surface area contributed by atoms with E-state index >= 15 is 0 Å². The van der Waals surface area contributed by atoms with Gasteiger partial charge in [0, 0.05) is 11.5 Å². The van der Waals surface area contributed by atoms with E-state index in [0.717, 1.165) is 6.42 Å². The van der Waals surface area contributed by atoms with Crippen LogP contribution >= 0.6 is 0 Å². The molecule has 0 aromatic heterocycles. The largest absolute Gasteiger partial charge is 0.214 e. The molecule has 1 heteroatoms. The van der Waals surface area contributed by atoms with Crippen LogP contribution in [-0.2, 0) is 5.04 Å². The van der Waals surface area contributed by atoms with Crippen molar-refractivity contribution in [3.63, 3.8) is 0 Å². The fraction of sp³-hybridized carbons (Fsp3) is 0.222. The van der Waals surface area contributed by atoms with Gasteiger partial charge in [-0.15, -0.1) is 11.5 Å². The Morgan fingerprint density at radius 1 is 0.947 bits per heavy atom. The van der Waals surface area contributed by atoms with Crippen LogP contribution in [-0.4, -0.2) is 8.07 Å². The summed E-state index contributed by atoms with van der Waals surface area (Å²) in [5, 5.41) is 3.34. The van der Waals surface area contributed by atoms with E-state index < -0.39 is 8.07 Å². The van der Waals surface area contributed by atoms with E-state index in [1.165, 1.54) is 11.1 Å². The lowest BCUT2D eigenvalue weighted by Crippen LogP contribution is -2.88. The molecular formula is C18H16Si. The molecule has 0 saturated carbocycles. The molecule has 2 aliphatic rings. The summed E-state index contributed by atoms with van der Waals surface area (Å²) in [5.41, 5.74) is 6.76. The van der Waals surface area contributed by atoms with Crippen molar-refractivity contribution >= 4 is 18.4 Å². The van der Waals surface area contributed by atoms with E-state index in [1.54, 1.807) is 10.4 Å². The highest BCUT2D eigenvalue weighted by molar-refractivity contribution is 7.17. The summed E-state index contributed by atoms with van der Waals surface area (Å²) in [7, 11) is -1.77. The fourth-order valence-electron chi connectivity index (χ4n) is 4.08. The third kappa shape index (κ3) is 0.967. The van der Waals surface area contributed by atoms with Gasteiger partial charge in [-0.25, -0.2) is 0 Å². The minimum atomic E-state index is -1.77. The number of rotatable bonds is 0. The maximum atomic E-state index is 3.72. The van der Waals surface area contributed by atoms with Crippen molar-refractivity contribution in [3.8, 4) is 11.5 Å². The molecule has 2 aliphatic heterocycles. The maximum absolute atomic E-state index is 3.72. The van der Waals surface area contributed by atoms with Gasteiger partial charge in [-0.1, -0.05) is 62.4 Å². The van der Waals surface area contributed by atoms with Gasteiger partial charge < -0.3 is 0 Å². The Labute approximate surface area is 115 Å². The molecule has 2 heterocycles. The lowest BCUT2D eigenvalue weighted by atomic mass is 9.88. The Hall–Kier alpha value is -1.78. The Morgan fingerprint density at radius 2 is 1.47 bits per heavy atom. The smallest absolute Gasteiger partial charge is 0.119 e. The van der Waals surface area contributed by atoms with Crippen molar-refractivity contribution < 1.29 is 0 Å². The average Bonchev–Trinajstić information content (AvgIpc) is 2.47. The monoisotopic (exact) mass is 260 g/mol. The molecule has 2 aromatic rings. The Bertz CT molecular complexity index is 698. The Morgan fingerprint density at radius 3 is 2.00 bits per heavy atom. The van der Waals surface area contributed by atoms with E-state index in [-0.39, 0.29) is 5.04 Å². The van der Waals surface area contributed by atoms with E-state index in [2.05, 4.69) is 73.8 Å². The summed E-state index contributed by atoms with van der Waals surface area (Å²) in [6.45, 7) is 4.55. The summed E-state index contributed by atoms with van der Waals surface area (Å²) in [6.07, 6.45) is 0.954. The Balaban J connectivity index is 2.06. The Kier molecular flexibility index (Phi) is 1.98. The summed E-state index contributed by atoms with van der Waals surface area (Å²) in [5.74, 6) is 3.39. The first-order valence-corrected chi connectivity index (χ1v) is 8.97. The predicted octanol–water partition coefficient (Wildman–Crippen LogP) is 2.37. The number of benzene rings is 2. The van der Waals surface area contributed by atoms with Crippen LogP contribution < -0.4 is 10.4 Å². The first-order valence-electron chi connectivity index (χ1n) is 6.97. The van der Waals surface area contributed by atoms with Crippen molar-refractivity contribution in [1.82, 2.24) is 0 Å². The second-order valence-corrected chi connectivity index (χ2v) is 9.45. The van der Waals surface area contributed by atoms with E-state index in [0.29, 0.717) is 0 Å². The molecule has 19 heavy (non-hydrogen) atoms. The van der Waals surface area contributed by atoms with Gasteiger partial charge in [0.2, 0.25) is 8.07 Å². The van der Waals surface area contributed by atoms with Crippen LogP contribution in [0, 0.1) is 11.5 Å². The van der Waals surface area contributed by atoms with Crippen molar-refractivity contribution in [2.24, 2.45) is 0 Å². The van der Waals surface area contributed by atoms with Crippen LogP contribution in [0.15, 0.2) is 48.5 Å². The number of fused-ring (bicyclic) bond motifs is 7. The van der Waals surface area contributed by atoms with Crippen LogP contribution in [0.25, 0.3) is 0 Å². The van der Waals surface area contributed by atoms with E-state index in [1.807, 2.05) is 0 Å². The van der Waals surface area contributed by atoms with E-state index in [9.17, 15) is 0 Å². The van der Waals surface area contributed by atoms with Gasteiger partial charge in [0.25, 0.3) is 0 Å². The molecule has 2 aromatic carbocycles. The van der Waals surface area contributed by atoms with Gasteiger partial charge in [0.1, 0.15) is 0 Å². The molecule has 0 spiro atoms. The zero-order valence-corrected chi connectivity index (χ0v) is 12.3. The van der Waals surface area contributed by atoms with Crippen molar-refractivity contribution in [2.75, 3.05) is 0 Å². The molecule has 0 bridgehead atoms. The molecule has 0 atom stereocenters. The highest BCUT2D eigenvalue weighted by Crippen LogP contribution is 2.53. The fourth-order valence-corrected chi connectivity index (χ4v) is 9.45. The zero-order chi connectivity index (χ0) is 13.1. The SMILES string of the molecule is CCC#C[Si]12c3ccccc3C1(C)c1ccccc12. The number of hydrogen-bond donors (Lipinski definition) is 0. The predicted molar refractivity (Wildman–Crippen MR) is 82.4 cm³/mol. The second-order valence-electron chi connectivity index (χ2n) is 5.62. The average molecular weight is 260 g/mol. The van der Waals surface area contributed by atoms with Crippen molar-refractivity contribution in [1.29, 1.82) is 0 Å². The summed E-state index contributed by atoms with van der Waals surface area (Å²) >= 11 is 0. The van der Waals surface area contributed by atoms with Crippen LogP contribution in [0.4, 0.5) is 0 Å². The molecule has 0 nitrogen and oxygen atoms in total. The zero-order valence-electron chi connectivity index (χ0n) is 11.3. The van der Waals surface area contributed by atoms with Crippen LogP contribution in [0.2, 0.25) is 0 Å². The van der Waals surface area contributed by atoms with Crippen LogP contribution in [0.3, 0.4) is 0 Å². The molecule has 0 unspecified atom stereocenters. The van der Waals surface area contributed by atoms with Crippen LogP contribution in [0.1, 0.15) is 31.4 Å². The highest BCUT2D eigenvalue weighted by atomic mass is 28.3. The van der Waals surface area contributed by atoms with Crippen LogP contribution in [0.5, 0.6) is 0 Å². The molecule has 92 valence electrons. The van der Waals surface area contributed by atoms with Gasteiger partial charge in [-0.2, -0.15) is 0 Å². The third-order valence-corrected chi connectivity index (χ3v) is 10.0. The topological polar surface area (TPSA) is 0 Å². The maximum Gasteiger partial charge on any atom is 0.214 e. The standard InChI is InChI=1S/C18H16Si/c1-3-4-13-19-16-11-7-5-9-14(16)18(19,2)15-10-6-8-12-17(15)19/h5-12H,3H2,1-2H3. The highest BCUT2D eigenvalue weighted by Gasteiger charge is 2.71. The first kappa shape index (κ1) is 11.1. The molecule has 0 N–H and O–H groups in total. The lowest BCUT2D eigenvalue weighted by molar-refractivity contribution is 0.737. The molecule has 0 radical (unpaired) electrons. The summed E-state index contributed by atoms with van der Waals surface area (Å²) < 4.78 is 0. The minimum Gasteiger partial charge on any atom is -0.119 e. The molecule has 0 saturated heterocycles. The molecule has 0 fully saturated rings. The quantitative estimate of drug-likeness (QED) is 0.504. The normalized spacial score (nSPS) is 28.7. The van der Waals surface area contributed by atoms with Crippen molar-refractivity contribution in [2.45, 2.75) is 25.3 Å². The lowest BCUT2D eigenvalue weighted by Gasteiger charge is -2.63. The van der Waals surface area contributed by atoms with Gasteiger partial charge in [0.05, 0.1) is 0 Å².